The minimum absolute atomic E-state index is 1.13. The van der Waals surface area contributed by atoms with E-state index in [0.717, 1.165) is 6.42 Å². The summed E-state index contributed by atoms with van der Waals surface area (Å²) in [6.07, 6.45) is 14.5. The van der Waals surface area contributed by atoms with Crippen molar-refractivity contribution in [2.75, 3.05) is 0 Å². The van der Waals surface area contributed by atoms with Crippen LogP contribution in [-0.2, 0) is 12.8 Å². The molecule has 0 unspecified atom stereocenters. The molecule has 16 heavy (non-hydrogen) atoms. The third-order valence-electron chi connectivity index (χ3n) is 3.19. The van der Waals surface area contributed by atoms with Gasteiger partial charge in [0, 0.05) is 12.4 Å². The number of hydrogen-bond acceptors (Lipinski definition) is 1. The van der Waals surface area contributed by atoms with Crippen LogP contribution in [0.1, 0.15) is 63.5 Å². The average Bonchev–Trinajstić information content (AvgIpc) is 2.34. The van der Waals surface area contributed by atoms with Gasteiger partial charge in [0.25, 0.3) is 0 Å². The third kappa shape index (κ3) is 4.78. The Morgan fingerprint density at radius 1 is 0.938 bits per heavy atom. The van der Waals surface area contributed by atoms with Crippen LogP contribution in [0.4, 0.5) is 0 Å². The van der Waals surface area contributed by atoms with E-state index in [4.69, 9.17) is 0 Å². The molecular formula is C15H25N. The molecule has 0 spiro atoms. The van der Waals surface area contributed by atoms with Gasteiger partial charge in [-0.25, -0.2) is 0 Å². The van der Waals surface area contributed by atoms with Gasteiger partial charge in [-0.1, -0.05) is 46.0 Å². The molecule has 1 aromatic rings. The van der Waals surface area contributed by atoms with Gasteiger partial charge in [-0.05, 0) is 36.5 Å². The Hall–Kier alpha value is -0.850. The maximum absolute atomic E-state index is 4.22. The van der Waals surface area contributed by atoms with Gasteiger partial charge in [0.1, 0.15) is 0 Å². The topological polar surface area (TPSA) is 12.9 Å². The lowest BCUT2D eigenvalue weighted by Crippen LogP contribution is -1.94. The number of aryl methyl sites for hydroxylation is 2. The van der Waals surface area contributed by atoms with E-state index in [1.807, 2.05) is 12.4 Å². The predicted octanol–water partition coefficient (Wildman–Crippen LogP) is 4.55. The highest BCUT2D eigenvalue weighted by Gasteiger charge is 1.99. The Kier molecular flexibility index (Phi) is 6.87. The Morgan fingerprint density at radius 3 is 2.44 bits per heavy atom. The Labute approximate surface area is 100 Å². The molecule has 0 aliphatic carbocycles. The molecule has 0 aliphatic rings. The van der Waals surface area contributed by atoms with Gasteiger partial charge in [-0.2, -0.15) is 0 Å². The van der Waals surface area contributed by atoms with Crippen molar-refractivity contribution in [2.45, 2.75) is 65.2 Å². The van der Waals surface area contributed by atoms with Gasteiger partial charge < -0.3 is 0 Å². The second-order valence-electron chi connectivity index (χ2n) is 4.52. The summed E-state index contributed by atoms with van der Waals surface area (Å²) >= 11 is 0. The van der Waals surface area contributed by atoms with Crippen molar-refractivity contribution in [3.63, 3.8) is 0 Å². The molecule has 1 aromatic heterocycles. The zero-order chi connectivity index (χ0) is 11.6. The van der Waals surface area contributed by atoms with E-state index in [9.17, 15) is 0 Å². The van der Waals surface area contributed by atoms with Gasteiger partial charge in [-0.15, -0.1) is 0 Å². The summed E-state index contributed by atoms with van der Waals surface area (Å²) in [5.74, 6) is 0. The fraction of sp³-hybridized carbons (Fsp3) is 0.667. The molecule has 0 aliphatic heterocycles. The maximum Gasteiger partial charge on any atom is 0.0302 e. The monoisotopic (exact) mass is 219 g/mol. The number of aromatic nitrogens is 1. The molecule has 90 valence electrons. The summed E-state index contributed by atoms with van der Waals surface area (Å²) in [4.78, 5) is 4.22. The molecule has 1 heterocycles. The summed E-state index contributed by atoms with van der Waals surface area (Å²) in [5.41, 5.74) is 2.93. The van der Waals surface area contributed by atoms with Gasteiger partial charge >= 0.3 is 0 Å². The SMILES string of the molecule is CCCCCCCCc1cnccc1CC. The molecule has 0 fully saturated rings. The van der Waals surface area contributed by atoms with Crippen LogP contribution < -0.4 is 0 Å². The smallest absolute Gasteiger partial charge is 0.0302 e. The first kappa shape index (κ1) is 13.2. The van der Waals surface area contributed by atoms with Gasteiger partial charge in [-0.3, -0.25) is 4.98 Å². The minimum atomic E-state index is 1.13. The van der Waals surface area contributed by atoms with Crippen molar-refractivity contribution in [3.8, 4) is 0 Å². The van der Waals surface area contributed by atoms with Crippen molar-refractivity contribution in [1.29, 1.82) is 0 Å². The van der Waals surface area contributed by atoms with Crippen LogP contribution in [0, 0.1) is 0 Å². The molecule has 0 atom stereocenters. The highest BCUT2D eigenvalue weighted by molar-refractivity contribution is 5.23. The molecule has 0 N–H and O–H groups in total. The van der Waals surface area contributed by atoms with Gasteiger partial charge in [0.05, 0.1) is 0 Å². The van der Waals surface area contributed by atoms with E-state index < -0.39 is 0 Å². The van der Waals surface area contributed by atoms with Crippen molar-refractivity contribution >= 4 is 0 Å². The van der Waals surface area contributed by atoms with Crippen LogP contribution in [0.15, 0.2) is 18.5 Å². The molecule has 1 heteroatoms. The van der Waals surface area contributed by atoms with E-state index in [2.05, 4.69) is 24.9 Å². The molecule has 1 nitrogen and oxygen atoms in total. The van der Waals surface area contributed by atoms with Crippen molar-refractivity contribution in [1.82, 2.24) is 4.98 Å². The number of nitrogens with zero attached hydrogens (tertiary/aromatic N) is 1. The molecule has 0 aromatic carbocycles. The molecular weight excluding hydrogens is 194 g/mol. The zero-order valence-corrected chi connectivity index (χ0v) is 10.8. The van der Waals surface area contributed by atoms with Crippen molar-refractivity contribution in [3.05, 3.63) is 29.6 Å². The normalized spacial score (nSPS) is 10.6. The van der Waals surface area contributed by atoms with Crippen LogP contribution in [-0.4, -0.2) is 4.98 Å². The number of unbranched alkanes of at least 4 members (excludes halogenated alkanes) is 5. The van der Waals surface area contributed by atoms with E-state index in [1.54, 1.807) is 0 Å². The van der Waals surface area contributed by atoms with Crippen LogP contribution in [0.5, 0.6) is 0 Å². The summed E-state index contributed by atoms with van der Waals surface area (Å²) in [5, 5.41) is 0. The van der Waals surface area contributed by atoms with Crippen molar-refractivity contribution < 1.29 is 0 Å². The zero-order valence-electron chi connectivity index (χ0n) is 10.8. The van der Waals surface area contributed by atoms with Gasteiger partial charge in [0.15, 0.2) is 0 Å². The first-order chi connectivity index (χ1) is 7.88. The molecule has 0 saturated carbocycles. The molecule has 1 rings (SSSR count). The summed E-state index contributed by atoms with van der Waals surface area (Å²) in [6.45, 7) is 4.49. The lowest BCUT2D eigenvalue weighted by atomic mass is 10.0. The first-order valence-corrected chi connectivity index (χ1v) is 6.80. The summed E-state index contributed by atoms with van der Waals surface area (Å²) in [6, 6.07) is 2.16. The Morgan fingerprint density at radius 2 is 1.69 bits per heavy atom. The highest BCUT2D eigenvalue weighted by Crippen LogP contribution is 2.13. The average molecular weight is 219 g/mol. The second kappa shape index (κ2) is 8.32. The van der Waals surface area contributed by atoms with E-state index in [1.165, 1.54) is 56.1 Å². The second-order valence-corrected chi connectivity index (χ2v) is 4.52. The minimum Gasteiger partial charge on any atom is -0.264 e. The third-order valence-corrected chi connectivity index (χ3v) is 3.19. The number of pyridine rings is 1. The maximum atomic E-state index is 4.22. The van der Waals surface area contributed by atoms with E-state index in [-0.39, 0.29) is 0 Å². The fourth-order valence-corrected chi connectivity index (χ4v) is 2.12. The largest absolute Gasteiger partial charge is 0.264 e. The lowest BCUT2D eigenvalue weighted by molar-refractivity contribution is 0.606. The van der Waals surface area contributed by atoms with Crippen LogP contribution in [0.3, 0.4) is 0 Å². The lowest BCUT2D eigenvalue weighted by Gasteiger charge is -2.06. The molecule has 0 bridgehead atoms. The quantitative estimate of drug-likeness (QED) is 0.585. The number of hydrogen-bond donors (Lipinski definition) is 0. The first-order valence-electron chi connectivity index (χ1n) is 6.80. The number of rotatable bonds is 8. The summed E-state index contributed by atoms with van der Waals surface area (Å²) in [7, 11) is 0. The van der Waals surface area contributed by atoms with E-state index >= 15 is 0 Å². The predicted molar refractivity (Wildman–Crippen MR) is 70.7 cm³/mol. The Bertz CT molecular complexity index is 281. The molecule has 0 saturated heterocycles. The Balaban J connectivity index is 2.21. The highest BCUT2D eigenvalue weighted by atomic mass is 14.6. The summed E-state index contributed by atoms with van der Waals surface area (Å²) < 4.78 is 0. The molecule has 0 radical (unpaired) electrons. The molecule has 0 amide bonds. The van der Waals surface area contributed by atoms with E-state index in [0.29, 0.717) is 0 Å². The van der Waals surface area contributed by atoms with Crippen molar-refractivity contribution in [2.24, 2.45) is 0 Å². The van der Waals surface area contributed by atoms with Crippen LogP contribution in [0.2, 0.25) is 0 Å². The van der Waals surface area contributed by atoms with Crippen LogP contribution >= 0.6 is 0 Å². The fourth-order valence-electron chi connectivity index (χ4n) is 2.12. The van der Waals surface area contributed by atoms with Crippen LogP contribution in [0.25, 0.3) is 0 Å². The standard InChI is InChI=1S/C15H25N/c1-3-5-6-7-8-9-10-15-13-16-12-11-14(15)4-2/h11-13H,3-10H2,1-2H3. The van der Waals surface area contributed by atoms with Gasteiger partial charge in [0.2, 0.25) is 0 Å².